The number of nitrogens with one attached hydrogen (secondary N) is 6. The zero-order valence-electron chi connectivity index (χ0n) is 18.7. The second kappa shape index (κ2) is 11.9. The van der Waals surface area contributed by atoms with E-state index in [4.69, 9.17) is 33.2 Å². The Hall–Kier alpha value is -4.10. The zero-order valence-corrected chi connectivity index (χ0v) is 19.5. The number of guanidine groups is 1. The molecule has 186 valence electrons. The number of imidazole rings is 1. The molecule has 1 aromatic heterocycles. The zero-order chi connectivity index (χ0) is 25.3. The third-order valence-electron chi connectivity index (χ3n) is 4.66. The number of anilines is 1. The highest BCUT2D eigenvalue weighted by Crippen LogP contribution is 2.14. The van der Waals surface area contributed by atoms with E-state index in [0.717, 1.165) is 31.0 Å². The van der Waals surface area contributed by atoms with Crippen LogP contribution in [0.1, 0.15) is 18.4 Å². The van der Waals surface area contributed by atoms with E-state index in [1.54, 1.807) is 24.5 Å². The number of unbranched alkanes of at least 4 members (excludes halogenated alkanes) is 1. The van der Waals surface area contributed by atoms with Crippen molar-refractivity contribution in [1.82, 2.24) is 25.9 Å². The van der Waals surface area contributed by atoms with Crippen LogP contribution in [0.5, 0.6) is 5.75 Å². The molecule has 0 fully saturated rings. The lowest BCUT2D eigenvalue weighted by atomic mass is 10.1. The van der Waals surface area contributed by atoms with Gasteiger partial charge in [0.05, 0.1) is 6.21 Å². The van der Waals surface area contributed by atoms with E-state index in [1.165, 1.54) is 0 Å². The molecule has 1 aromatic carbocycles. The molecule has 0 spiro atoms. The van der Waals surface area contributed by atoms with Crippen LogP contribution >= 0.6 is 11.6 Å². The number of halogens is 1. The van der Waals surface area contributed by atoms with E-state index in [2.05, 4.69) is 36.2 Å². The number of ether oxygens (including phenoxy) is 1. The van der Waals surface area contributed by atoms with Crippen molar-refractivity contribution in [2.75, 3.05) is 18.5 Å². The van der Waals surface area contributed by atoms with Gasteiger partial charge in [-0.3, -0.25) is 31.4 Å². The molecule has 2 aromatic rings. The minimum Gasteiger partial charge on any atom is -0.484 e. The number of aliphatic imine (C=N–C) groups is 1. The van der Waals surface area contributed by atoms with Gasteiger partial charge >= 0.3 is 0 Å². The lowest BCUT2D eigenvalue weighted by Gasteiger charge is -2.24. The summed E-state index contributed by atoms with van der Waals surface area (Å²) in [5, 5.41) is 16.7. The van der Waals surface area contributed by atoms with Gasteiger partial charge in [0.1, 0.15) is 11.6 Å². The number of nitrogens with two attached hydrogens (primary N) is 2. The maximum Gasteiger partial charge on any atom is 0.280 e. The van der Waals surface area contributed by atoms with Crippen LogP contribution < -0.4 is 37.5 Å². The monoisotopic (exact) mass is 502 g/mol. The smallest absolute Gasteiger partial charge is 0.280 e. The van der Waals surface area contributed by atoms with Gasteiger partial charge in [-0.2, -0.15) is 0 Å². The summed E-state index contributed by atoms with van der Waals surface area (Å²) in [5.74, 6) is -0.257. The molecule has 10 N–H and O–H groups in total. The molecular formula is C21H27ClN10O3. The first kappa shape index (κ1) is 25.5. The summed E-state index contributed by atoms with van der Waals surface area (Å²) >= 11 is 5.83. The molecule has 3 rings (SSSR count). The number of aromatic nitrogens is 2. The summed E-state index contributed by atoms with van der Waals surface area (Å²) in [6.07, 6.45) is 6.76. The third kappa shape index (κ3) is 8.32. The van der Waals surface area contributed by atoms with Gasteiger partial charge in [0, 0.05) is 18.9 Å². The first-order valence-corrected chi connectivity index (χ1v) is 11.1. The number of amides is 2. The van der Waals surface area contributed by atoms with Crippen LogP contribution in [0.4, 0.5) is 5.95 Å². The number of carbonyl (C=O) groups is 2. The van der Waals surface area contributed by atoms with Crippen LogP contribution in [0.2, 0.25) is 0 Å². The van der Waals surface area contributed by atoms with E-state index in [0.29, 0.717) is 18.2 Å². The van der Waals surface area contributed by atoms with Crippen molar-refractivity contribution in [2.45, 2.75) is 24.4 Å². The highest BCUT2D eigenvalue weighted by Gasteiger charge is 2.27. The quantitative estimate of drug-likeness (QED) is 0.0729. The molecule has 2 heterocycles. The van der Waals surface area contributed by atoms with Gasteiger partial charge in [-0.25, -0.2) is 9.98 Å². The molecule has 2 amide bonds. The summed E-state index contributed by atoms with van der Waals surface area (Å²) in [6, 6.07) is 7.48. The molecule has 1 aliphatic heterocycles. The summed E-state index contributed by atoms with van der Waals surface area (Å²) in [4.78, 5) is 34.5. The van der Waals surface area contributed by atoms with Crippen molar-refractivity contribution in [1.29, 1.82) is 5.41 Å². The summed E-state index contributed by atoms with van der Waals surface area (Å²) in [6.45, 7) is 0.371. The van der Waals surface area contributed by atoms with Crippen molar-refractivity contribution < 1.29 is 14.3 Å². The van der Waals surface area contributed by atoms with Gasteiger partial charge in [0.25, 0.3) is 11.8 Å². The number of benzene rings is 1. The summed E-state index contributed by atoms with van der Waals surface area (Å²) < 4.78 is 5.48. The Morgan fingerprint density at radius 3 is 2.69 bits per heavy atom. The predicted molar refractivity (Wildman–Crippen MR) is 132 cm³/mol. The van der Waals surface area contributed by atoms with Gasteiger partial charge in [-0.1, -0.05) is 23.7 Å². The molecule has 35 heavy (non-hydrogen) atoms. The number of aromatic amines is 1. The number of H-pyrrole nitrogens is 1. The van der Waals surface area contributed by atoms with Gasteiger partial charge in [0.2, 0.25) is 11.1 Å². The maximum atomic E-state index is 12.2. The Balaban J connectivity index is 1.29. The molecule has 14 heteroatoms. The Labute approximate surface area is 206 Å². The predicted octanol–water partition coefficient (Wildman–Crippen LogP) is 0.0436. The number of aryl methyl sites for hydroxylation is 1. The second-order valence-electron chi connectivity index (χ2n) is 7.55. The molecule has 0 bridgehead atoms. The van der Waals surface area contributed by atoms with Crippen LogP contribution in [0.15, 0.2) is 53.2 Å². The second-order valence-corrected chi connectivity index (χ2v) is 8.17. The van der Waals surface area contributed by atoms with Crippen LogP contribution in [-0.4, -0.2) is 52.2 Å². The maximum absolute atomic E-state index is 12.2. The topological polar surface area (TPSA) is 208 Å². The highest BCUT2D eigenvalue weighted by atomic mass is 35.5. The SMILES string of the molecule is N=C(NCCCCc1ccc(OCC(=O)Nc2ncc[nH]2)cc1)NC(=O)C1=C(N)NC(N)(Cl)C=N1. The van der Waals surface area contributed by atoms with Gasteiger partial charge in [0.15, 0.2) is 18.3 Å². The van der Waals surface area contributed by atoms with Crippen molar-refractivity contribution in [3.63, 3.8) is 0 Å². The Bertz CT molecular complexity index is 1100. The van der Waals surface area contributed by atoms with Crippen LogP contribution in [0.25, 0.3) is 0 Å². The van der Waals surface area contributed by atoms with Crippen molar-refractivity contribution in [3.05, 3.63) is 53.7 Å². The summed E-state index contributed by atoms with van der Waals surface area (Å²) in [5.41, 5.74) is 12.3. The van der Waals surface area contributed by atoms with E-state index in [1.807, 2.05) is 12.1 Å². The molecule has 13 nitrogen and oxygen atoms in total. The first-order chi connectivity index (χ1) is 16.7. The van der Waals surface area contributed by atoms with Crippen molar-refractivity contribution in [2.24, 2.45) is 16.5 Å². The minimum atomic E-state index is -1.45. The largest absolute Gasteiger partial charge is 0.484 e. The summed E-state index contributed by atoms with van der Waals surface area (Å²) in [7, 11) is 0. The Kier molecular flexibility index (Phi) is 8.64. The van der Waals surface area contributed by atoms with E-state index >= 15 is 0 Å². The Morgan fingerprint density at radius 1 is 1.23 bits per heavy atom. The standard InChI is InChI=1S/C21H27ClN10O3/c22-21(25)12-29-16(17(23)32-21)18(34)31-19(24)26-8-2-1-3-13-4-6-14(7-5-13)35-11-15(33)30-20-27-9-10-28-20/h4-7,9-10,12,32H,1-3,8,11,23,25H2,(H3,24,26,31,34)(H2,27,28,30,33). The molecule has 0 saturated carbocycles. The van der Waals surface area contributed by atoms with Crippen LogP contribution in [-0.2, 0) is 16.0 Å². The highest BCUT2D eigenvalue weighted by molar-refractivity contribution is 6.32. The number of hydrogen-bond acceptors (Lipinski definition) is 9. The van der Waals surface area contributed by atoms with E-state index < -0.39 is 11.0 Å². The number of hydrogen-bond donors (Lipinski definition) is 8. The third-order valence-corrected chi connectivity index (χ3v) is 4.85. The average Bonchev–Trinajstić information content (AvgIpc) is 3.30. The fourth-order valence-electron chi connectivity index (χ4n) is 2.99. The van der Waals surface area contributed by atoms with E-state index in [9.17, 15) is 9.59 Å². The van der Waals surface area contributed by atoms with E-state index in [-0.39, 0.29) is 30.0 Å². The molecule has 1 aliphatic rings. The minimum absolute atomic E-state index is 0.0798. The first-order valence-electron chi connectivity index (χ1n) is 10.7. The lowest BCUT2D eigenvalue weighted by molar-refractivity contribution is -0.118. The molecule has 1 atom stereocenters. The average molecular weight is 503 g/mol. The van der Waals surface area contributed by atoms with Gasteiger partial charge in [-0.05, 0) is 37.0 Å². The van der Waals surface area contributed by atoms with Crippen LogP contribution in [0, 0.1) is 5.41 Å². The number of carbonyl (C=O) groups excluding carboxylic acids is 2. The van der Waals surface area contributed by atoms with Crippen molar-refractivity contribution in [3.8, 4) is 5.75 Å². The molecule has 0 aliphatic carbocycles. The van der Waals surface area contributed by atoms with Crippen molar-refractivity contribution >= 4 is 41.5 Å². The number of nitrogens with zero attached hydrogens (tertiary/aromatic N) is 2. The molecular weight excluding hydrogens is 476 g/mol. The number of alkyl halides is 1. The molecule has 1 unspecified atom stereocenters. The molecule has 0 saturated heterocycles. The fraction of sp³-hybridized carbons (Fsp3) is 0.286. The number of rotatable bonds is 10. The lowest BCUT2D eigenvalue weighted by Crippen LogP contribution is -2.54. The van der Waals surface area contributed by atoms with Crippen LogP contribution in [0.3, 0.4) is 0 Å². The van der Waals surface area contributed by atoms with Gasteiger partial charge in [-0.15, -0.1) is 0 Å². The Morgan fingerprint density at radius 2 is 2.00 bits per heavy atom. The normalized spacial score (nSPS) is 16.9. The fourth-order valence-corrected chi connectivity index (χ4v) is 3.14. The van der Waals surface area contributed by atoms with Gasteiger partial charge < -0.3 is 26.1 Å². The molecule has 0 radical (unpaired) electrons.